The molecule has 0 aromatic heterocycles. The smallest absolute Gasteiger partial charge is 0.185 e. The number of nitrogens with zero attached hydrogens (tertiary/aromatic N) is 1. The van der Waals surface area contributed by atoms with Crippen molar-refractivity contribution in [3.8, 4) is 5.40 Å². The number of thiol groups is 1. The molecule has 0 aromatic carbocycles. The predicted octanol–water partition coefficient (Wildman–Crippen LogP) is 0.510. The fourth-order valence-electron chi connectivity index (χ4n) is 0. The summed E-state index contributed by atoms with van der Waals surface area (Å²) in [5, 5.41) is 8.63. The zero-order valence-corrected chi connectivity index (χ0v) is 6.00. The number of thiocyanates is 1. The van der Waals surface area contributed by atoms with Crippen LogP contribution in [-0.4, -0.2) is 0 Å². The van der Waals surface area contributed by atoms with E-state index < -0.39 is 0 Å². The third kappa shape index (κ3) is 10.8. The van der Waals surface area contributed by atoms with Gasteiger partial charge in [0.15, 0.2) is 0 Å². The number of nitriles is 1. The van der Waals surface area contributed by atoms with E-state index in [0.29, 0.717) is 0 Å². The van der Waals surface area contributed by atoms with Gasteiger partial charge in [0.1, 0.15) is 5.40 Å². The summed E-state index contributed by atoms with van der Waals surface area (Å²) in [6.45, 7) is 0. The molecule has 0 unspecified atom stereocenters. The van der Waals surface area contributed by atoms with Gasteiger partial charge in [-0.1, -0.05) is 12.6 Å². The molecule has 0 bridgehead atoms. The van der Waals surface area contributed by atoms with Gasteiger partial charge in [-0.05, 0) is 0 Å². The molecule has 0 heterocycles. The van der Waals surface area contributed by atoms with Crippen LogP contribution in [0.25, 0.3) is 0 Å². The van der Waals surface area contributed by atoms with Crippen molar-refractivity contribution in [1.29, 1.82) is 5.26 Å². The minimum absolute atomic E-state index is 0. The molecule has 0 rings (SSSR count). The number of hydrogen-bond donors (Lipinski definition) is 1. The fraction of sp³-hybridized carbons (Fsp3) is 0. The Hall–Kier alpha value is 1.19. The van der Waals surface area contributed by atoms with Crippen LogP contribution in [0.2, 0.25) is 0 Å². The molecular weight excluding hydrogens is 202 g/mol. The van der Waals surface area contributed by atoms with Crippen molar-refractivity contribution in [2.45, 2.75) is 0 Å². The molecule has 1 nitrogen and oxygen atoms in total. The minimum Gasteiger partial charge on any atom is -0.185 e. The Morgan fingerprint density at radius 3 is 2.00 bits per heavy atom. The monoisotopic (exact) mass is 202 g/mol. The SMILES string of the molecule is N#CS.[H+].[Nd]. The van der Waals surface area contributed by atoms with Crippen LogP contribution in [0.4, 0.5) is 0 Å². The second-order valence-electron chi connectivity index (χ2n) is 0.100. The molecule has 0 radical (unpaired) electrons. The summed E-state index contributed by atoms with van der Waals surface area (Å²) in [5.74, 6) is 0. The molecule has 4 heavy (non-hydrogen) atoms. The van der Waals surface area contributed by atoms with Crippen LogP contribution in [0, 0.1) is 51.5 Å². The first-order valence-corrected chi connectivity index (χ1v) is 0.894. The maximum Gasteiger partial charge on any atom is 1.00 e. The molecule has 0 N–H and O–H groups in total. The van der Waals surface area contributed by atoms with Crippen molar-refractivity contribution in [1.82, 2.24) is 0 Å². The van der Waals surface area contributed by atoms with Gasteiger partial charge in [0.2, 0.25) is 0 Å². The summed E-state index contributed by atoms with van der Waals surface area (Å²) in [4.78, 5) is 0. The summed E-state index contributed by atoms with van der Waals surface area (Å²) in [5.41, 5.74) is 0. The predicted molar refractivity (Wildman–Crippen MR) is 15.7 cm³/mol. The van der Waals surface area contributed by atoms with Gasteiger partial charge in [-0.2, -0.15) is 5.26 Å². The van der Waals surface area contributed by atoms with E-state index in [0.717, 1.165) is 0 Å². The Morgan fingerprint density at radius 1 is 2.00 bits per heavy atom. The fourth-order valence-corrected chi connectivity index (χ4v) is 0. The van der Waals surface area contributed by atoms with E-state index in [9.17, 15) is 0 Å². The summed E-state index contributed by atoms with van der Waals surface area (Å²) < 4.78 is 0. The van der Waals surface area contributed by atoms with Crippen LogP contribution in [0.15, 0.2) is 0 Å². The zero-order chi connectivity index (χ0) is 2.71. The van der Waals surface area contributed by atoms with Crippen molar-refractivity contribution < 1.29 is 42.3 Å². The van der Waals surface area contributed by atoms with Crippen LogP contribution in [-0.2, 0) is 0 Å². The molecule has 0 aliphatic heterocycles. The molecule has 3 heteroatoms. The topological polar surface area (TPSA) is 23.8 Å². The third-order valence-corrected chi connectivity index (χ3v) is 0. The summed E-state index contributed by atoms with van der Waals surface area (Å²) in [6.07, 6.45) is 0. The number of rotatable bonds is 0. The quantitative estimate of drug-likeness (QED) is 0.451. The van der Waals surface area contributed by atoms with Crippen molar-refractivity contribution in [3.63, 3.8) is 0 Å². The van der Waals surface area contributed by atoms with Gasteiger partial charge in [0.05, 0.1) is 0 Å². The van der Waals surface area contributed by atoms with Gasteiger partial charge in [0.25, 0.3) is 0 Å². The summed E-state index contributed by atoms with van der Waals surface area (Å²) in [6, 6.07) is 0. The average molecular weight is 204 g/mol. The Labute approximate surface area is 64.8 Å². The first-order chi connectivity index (χ1) is 1.41. The van der Waals surface area contributed by atoms with Crippen LogP contribution in [0.3, 0.4) is 0 Å². The van der Waals surface area contributed by atoms with Gasteiger partial charge in [0, 0.05) is 40.8 Å². The molecule has 0 saturated heterocycles. The van der Waals surface area contributed by atoms with E-state index in [1.165, 1.54) is 5.40 Å². The van der Waals surface area contributed by atoms with E-state index >= 15 is 0 Å². The van der Waals surface area contributed by atoms with Gasteiger partial charge in [-0.15, -0.1) is 0 Å². The standard InChI is InChI=1S/CHNS.Nd/c2-1-3;/h3H;/p+1. The minimum atomic E-state index is 0. The molecule has 20 valence electrons. The molecule has 0 amide bonds. The molecule has 0 aromatic rings. The van der Waals surface area contributed by atoms with Crippen molar-refractivity contribution in [2.75, 3.05) is 0 Å². The molecule has 0 aliphatic rings. The van der Waals surface area contributed by atoms with E-state index in [1.807, 2.05) is 0 Å². The second-order valence-corrected chi connectivity index (χ2v) is 0.300. The van der Waals surface area contributed by atoms with Crippen molar-refractivity contribution >= 4 is 12.6 Å². The maximum atomic E-state index is 7.18. The van der Waals surface area contributed by atoms with Crippen LogP contribution in [0.5, 0.6) is 0 Å². The first kappa shape index (κ1) is 8.95. The molecule has 0 aliphatic carbocycles. The average Bonchev–Trinajstić information content (AvgIpc) is 0.918. The van der Waals surface area contributed by atoms with Crippen LogP contribution in [0.1, 0.15) is 1.43 Å². The zero-order valence-electron chi connectivity index (χ0n) is 2.89. The van der Waals surface area contributed by atoms with Crippen molar-refractivity contribution in [3.05, 3.63) is 0 Å². The van der Waals surface area contributed by atoms with E-state index in [-0.39, 0.29) is 42.3 Å². The van der Waals surface area contributed by atoms with E-state index in [2.05, 4.69) is 12.6 Å². The normalized spacial score (nSPS) is 2.00. The van der Waals surface area contributed by atoms with Gasteiger partial charge in [-0.3, -0.25) is 0 Å². The second kappa shape index (κ2) is 8.89. The Bertz CT molecular complexity index is 33.1. The van der Waals surface area contributed by atoms with Crippen LogP contribution >= 0.6 is 12.6 Å². The first-order valence-electron chi connectivity index (χ1n) is 0.447. The Kier molecular flexibility index (Phi) is 19.9. The van der Waals surface area contributed by atoms with Gasteiger partial charge >= 0.3 is 1.43 Å². The summed E-state index contributed by atoms with van der Waals surface area (Å²) in [7, 11) is 0. The molecule has 0 spiro atoms. The van der Waals surface area contributed by atoms with Gasteiger partial charge in [-0.25, -0.2) is 0 Å². The molecule has 0 fully saturated rings. The molecule has 0 atom stereocenters. The summed E-state index contributed by atoms with van der Waals surface area (Å²) >= 11 is 3.09. The van der Waals surface area contributed by atoms with E-state index in [4.69, 9.17) is 5.26 Å². The van der Waals surface area contributed by atoms with Crippen LogP contribution < -0.4 is 0 Å². The maximum absolute atomic E-state index is 7.18. The van der Waals surface area contributed by atoms with Gasteiger partial charge < -0.3 is 0 Å². The largest absolute Gasteiger partial charge is 1.00 e. The Balaban J connectivity index is -0.0000000200. The van der Waals surface area contributed by atoms with E-state index in [1.54, 1.807) is 0 Å². The number of hydrogen-bond acceptors (Lipinski definition) is 2. The molecular formula is CH2NNdS+. The third-order valence-electron chi connectivity index (χ3n) is 0. The van der Waals surface area contributed by atoms with Crippen molar-refractivity contribution in [2.24, 2.45) is 0 Å². The Morgan fingerprint density at radius 2 is 2.00 bits per heavy atom. The molecule has 0 saturated carbocycles.